The van der Waals surface area contributed by atoms with Crippen molar-refractivity contribution in [1.29, 1.82) is 10.7 Å². The lowest BCUT2D eigenvalue weighted by Crippen LogP contribution is -2.27. The first-order valence-corrected chi connectivity index (χ1v) is 7.86. The maximum Gasteiger partial charge on any atom is 0.232 e. The molecule has 0 radical (unpaired) electrons. The number of nitrogens with one attached hydrogen (secondary N) is 2. The Morgan fingerprint density at radius 1 is 1.57 bits per heavy atom. The summed E-state index contributed by atoms with van der Waals surface area (Å²) >= 11 is 0. The predicted octanol–water partition coefficient (Wildman–Crippen LogP) is 0.236. The maximum absolute atomic E-state index is 11.6. The molecule has 1 aliphatic rings. The summed E-state index contributed by atoms with van der Waals surface area (Å²) in [6.07, 6.45) is 1.78. The van der Waals surface area contributed by atoms with E-state index in [-0.39, 0.29) is 5.71 Å². The van der Waals surface area contributed by atoms with Crippen LogP contribution in [0.3, 0.4) is 0 Å². The van der Waals surface area contributed by atoms with Gasteiger partial charge in [-0.25, -0.2) is 8.42 Å². The van der Waals surface area contributed by atoms with Crippen LogP contribution in [0.4, 0.5) is 11.4 Å². The van der Waals surface area contributed by atoms with E-state index in [1.807, 2.05) is 0 Å². The van der Waals surface area contributed by atoms with Crippen LogP contribution in [0.5, 0.6) is 0 Å². The van der Waals surface area contributed by atoms with Gasteiger partial charge in [-0.05, 0) is 30.2 Å². The largest absolute Gasteiger partial charge is 0.382 e. The van der Waals surface area contributed by atoms with Crippen LogP contribution >= 0.6 is 0 Å². The molecule has 0 spiro atoms. The number of hydrogen-bond acceptors (Lipinski definition) is 6. The maximum atomic E-state index is 11.6. The minimum Gasteiger partial charge on any atom is -0.382 e. The second-order valence-corrected chi connectivity index (χ2v) is 6.43. The number of nitriles is 1. The molecule has 110 valence electrons. The molecule has 0 bridgehead atoms. The third-order valence-corrected chi connectivity index (χ3v) is 4.17. The molecule has 0 saturated carbocycles. The van der Waals surface area contributed by atoms with Crippen molar-refractivity contribution < 1.29 is 8.42 Å². The Hall–Kier alpha value is -2.60. The van der Waals surface area contributed by atoms with Gasteiger partial charge in [0.25, 0.3) is 0 Å². The number of nitrogens with zero attached hydrogens (tertiary/aromatic N) is 3. The monoisotopic (exact) mass is 306 g/mol. The normalized spacial score (nSPS) is 14.5. The van der Waals surface area contributed by atoms with E-state index in [4.69, 9.17) is 16.4 Å². The average Bonchev–Trinajstić information content (AvgIpc) is 2.81. The van der Waals surface area contributed by atoms with E-state index >= 15 is 0 Å². The third-order valence-electron chi connectivity index (χ3n) is 2.99. The van der Waals surface area contributed by atoms with Gasteiger partial charge in [0.05, 0.1) is 17.6 Å². The Morgan fingerprint density at radius 2 is 2.29 bits per heavy atom. The topological polar surface area (TPSA) is 135 Å². The summed E-state index contributed by atoms with van der Waals surface area (Å²) in [7, 11) is -3.27. The van der Waals surface area contributed by atoms with E-state index in [1.54, 1.807) is 24.3 Å². The minimum absolute atomic E-state index is 0.215. The van der Waals surface area contributed by atoms with E-state index < -0.39 is 15.9 Å². The second kappa shape index (κ2) is 5.41. The van der Waals surface area contributed by atoms with Gasteiger partial charge in [-0.1, -0.05) is 0 Å². The van der Waals surface area contributed by atoms with Gasteiger partial charge in [0, 0.05) is 6.54 Å². The highest BCUT2D eigenvalue weighted by atomic mass is 32.2. The number of amidine groups is 1. The van der Waals surface area contributed by atoms with Gasteiger partial charge in [-0.2, -0.15) is 10.4 Å². The van der Waals surface area contributed by atoms with Crippen molar-refractivity contribution in [3.63, 3.8) is 0 Å². The minimum atomic E-state index is -3.27. The van der Waals surface area contributed by atoms with Gasteiger partial charge in [0.2, 0.25) is 15.7 Å². The SMILES string of the molecule is CS(=O)(=O)N1CCc2cc(N/N=C(\C#N)C(=N)N)ccc21. The van der Waals surface area contributed by atoms with Crippen molar-refractivity contribution in [1.82, 2.24) is 0 Å². The lowest BCUT2D eigenvalue weighted by Gasteiger charge is -2.16. The van der Waals surface area contributed by atoms with Crippen LogP contribution in [0.15, 0.2) is 23.3 Å². The number of rotatable bonds is 4. The Balaban J connectivity index is 2.25. The molecular weight excluding hydrogens is 292 g/mol. The summed E-state index contributed by atoms with van der Waals surface area (Å²) in [6.45, 7) is 0.414. The molecular formula is C12H14N6O2S. The van der Waals surface area contributed by atoms with Crippen LogP contribution in [0.2, 0.25) is 0 Å². The molecule has 2 rings (SSSR count). The summed E-state index contributed by atoms with van der Waals surface area (Å²) in [5, 5.41) is 19.6. The third kappa shape index (κ3) is 3.11. The lowest BCUT2D eigenvalue weighted by molar-refractivity contribution is 0.598. The first kappa shape index (κ1) is 14.8. The Labute approximate surface area is 122 Å². The highest BCUT2D eigenvalue weighted by molar-refractivity contribution is 7.92. The van der Waals surface area contributed by atoms with Gasteiger partial charge in [0.1, 0.15) is 6.07 Å². The summed E-state index contributed by atoms with van der Waals surface area (Å²) in [6, 6.07) is 6.80. The molecule has 1 aromatic rings. The zero-order valence-corrected chi connectivity index (χ0v) is 12.1. The first-order valence-electron chi connectivity index (χ1n) is 6.02. The van der Waals surface area contributed by atoms with Crippen molar-refractivity contribution in [3.8, 4) is 6.07 Å². The summed E-state index contributed by atoms with van der Waals surface area (Å²) in [5.41, 5.74) is 9.73. The number of nitrogens with two attached hydrogens (primary N) is 1. The van der Waals surface area contributed by atoms with E-state index in [0.717, 1.165) is 5.56 Å². The highest BCUT2D eigenvalue weighted by Crippen LogP contribution is 2.32. The number of sulfonamides is 1. The van der Waals surface area contributed by atoms with Crippen molar-refractivity contribution in [2.24, 2.45) is 10.8 Å². The van der Waals surface area contributed by atoms with Crippen LogP contribution < -0.4 is 15.5 Å². The highest BCUT2D eigenvalue weighted by Gasteiger charge is 2.26. The number of fused-ring (bicyclic) bond motifs is 1. The quantitative estimate of drug-likeness (QED) is 0.416. The molecule has 21 heavy (non-hydrogen) atoms. The van der Waals surface area contributed by atoms with Gasteiger partial charge in [0.15, 0.2) is 5.84 Å². The molecule has 0 saturated heterocycles. The molecule has 1 heterocycles. The first-order chi connectivity index (χ1) is 9.82. The standard InChI is InChI=1S/C12H14N6O2S/c1-21(19,20)18-5-4-8-6-9(2-3-11(8)18)16-17-10(7-13)12(14)15/h2-3,6,16H,4-5H2,1H3,(H3,14,15)/b17-10+. The van der Waals surface area contributed by atoms with Gasteiger partial charge >= 0.3 is 0 Å². The Morgan fingerprint density at radius 3 is 2.86 bits per heavy atom. The molecule has 0 amide bonds. The molecule has 0 unspecified atom stereocenters. The van der Waals surface area contributed by atoms with Crippen LogP contribution in [0.25, 0.3) is 0 Å². The molecule has 9 heteroatoms. The second-order valence-electron chi connectivity index (χ2n) is 4.53. The molecule has 0 aliphatic carbocycles. The van der Waals surface area contributed by atoms with E-state index in [0.29, 0.717) is 24.3 Å². The number of anilines is 2. The fraction of sp³-hybridized carbons (Fsp3) is 0.250. The molecule has 1 aromatic carbocycles. The fourth-order valence-corrected chi connectivity index (χ4v) is 3.01. The van der Waals surface area contributed by atoms with Crippen molar-refractivity contribution >= 4 is 32.9 Å². The summed E-state index contributed by atoms with van der Waals surface area (Å²) < 4.78 is 24.6. The van der Waals surface area contributed by atoms with Crippen LogP contribution in [-0.4, -0.2) is 32.8 Å². The Kier molecular flexibility index (Phi) is 3.82. The predicted molar refractivity (Wildman–Crippen MR) is 80.9 cm³/mol. The summed E-state index contributed by atoms with van der Waals surface area (Å²) in [4.78, 5) is 0. The average molecular weight is 306 g/mol. The Bertz CT molecular complexity index is 762. The molecule has 0 fully saturated rings. The van der Waals surface area contributed by atoms with E-state index in [9.17, 15) is 8.42 Å². The smallest absolute Gasteiger partial charge is 0.232 e. The lowest BCUT2D eigenvalue weighted by atomic mass is 10.1. The zero-order chi connectivity index (χ0) is 15.6. The van der Waals surface area contributed by atoms with Crippen molar-refractivity contribution in [3.05, 3.63) is 23.8 Å². The van der Waals surface area contributed by atoms with Crippen LogP contribution in [0.1, 0.15) is 5.56 Å². The molecule has 4 N–H and O–H groups in total. The van der Waals surface area contributed by atoms with Gasteiger partial charge in [-0.15, -0.1) is 0 Å². The van der Waals surface area contributed by atoms with E-state index in [1.165, 1.54) is 10.6 Å². The molecule has 0 aromatic heterocycles. The van der Waals surface area contributed by atoms with Gasteiger partial charge < -0.3 is 5.73 Å². The fourth-order valence-electron chi connectivity index (χ4n) is 2.05. The number of hydrazone groups is 1. The molecule has 0 atom stereocenters. The van der Waals surface area contributed by atoms with Crippen molar-refractivity contribution in [2.45, 2.75) is 6.42 Å². The molecule has 1 aliphatic heterocycles. The van der Waals surface area contributed by atoms with Gasteiger partial charge in [-0.3, -0.25) is 15.1 Å². The van der Waals surface area contributed by atoms with Crippen LogP contribution in [0, 0.1) is 16.7 Å². The number of hydrogen-bond donors (Lipinski definition) is 3. The summed E-state index contributed by atoms with van der Waals surface area (Å²) in [5.74, 6) is -0.422. The van der Waals surface area contributed by atoms with Crippen LogP contribution in [-0.2, 0) is 16.4 Å². The van der Waals surface area contributed by atoms with E-state index in [2.05, 4.69) is 10.5 Å². The molecule has 8 nitrogen and oxygen atoms in total. The zero-order valence-electron chi connectivity index (χ0n) is 11.3. The van der Waals surface area contributed by atoms with Crippen molar-refractivity contribution in [2.75, 3.05) is 22.5 Å². The number of benzene rings is 1.